The van der Waals surface area contributed by atoms with Gasteiger partial charge in [0.25, 0.3) is 5.91 Å². The fraction of sp³-hybridized carbons (Fsp3) is 0.0435. The summed E-state index contributed by atoms with van der Waals surface area (Å²) in [7, 11) is 0. The number of rotatable bonds is 6. The molecule has 0 saturated heterocycles. The molecule has 0 aliphatic carbocycles. The molecule has 1 amide bonds. The highest BCUT2D eigenvalue weighted by Gasteiger charge is 2.09. The van der Waals surface area contributed by atoms with Crippen LogP contribution >= 0.6 is 0 Å². The Labute approximate surface area is 167 Å². The van der Waals surface area contributed by atoms with E-state index in [2.05, 4.69) is 5.32 Å². The van der Waals surface area contributed by atoms with Crippen molar-refractivity contribution in [1.82, 2.24) is 0 Å². The summed E-state index contributed by atoms with van der Waals surface area (Å²) in [4.78, 5) is 12.3. The molecular formula is C23H17FN2O3. The number of nitrogens with one attached hydrogen (secondary N) is 1. The molecule has 5 nitrogen and oxygen atoms in total. The number of nitriles is 1. The number of hydrogen-bond donors (Lipinski definition) is 2. The van der Waals surface area contributed by atoms with Gasteiger partial charge in [0, 0.05) is 5.69 Å². The predicted molar refractivity (Wildman–Crippen MR) is 108 cm³/mol. The maximum atomic E-state index is 13.2. The minimum Gasteiger partial charge on any atom is -0.508 e. The second-order valence-corrected chi connectivity index (χ2v) is 6.16. The first-order chi connectivity index (χ1) is 14.0. The molecule has 3 rings (SSSR count). The molecule has 0 radical (unpaired) electrons. The molecule has 0 heterocycles. The van der Waals surface area contributed by atoms with Crippen molar-refractivity contribution in [3.63, 3.8) is 0 Å². The number of benzene rings is 3. The lowest BCUT2D eigenvalue weighted by Gasteiger charge is -2.07. The lowest BCUT2D eigenvalue weighted by Crippen LogP contribution is -2.13. The van der Waals surface area contributed by atoms with E-state index in [4.69, 9.17) is 4.74 Å². The van der Waals surface area contributed by atoms with Gasteiger partial charge < -0.3 is 15.2 Å². The Morgan fingerprint density at radius 2 is 1.83 bits per heavy atom. The molecule has 6 heteroatoms. The number of aromatic hydroxyl groups is 1. The van der Waals surface area contributed by atoms with Gasteiger partial charge in [0.2, 0.25) is 0 Å². The number of anilines is 1. The van der Waals surface area contributed by atoms with Crippen molar-refractivity contribution >= 4 is 17.7 Å². The van der Waals surface area contributed by atoms with Gasteiger partial charge in [0.1, 0.15) is 35.6 Å². The average Bonchev–Trinajstić information content (AvgIpc) is 2.73. The van der Waals surface area contributed by atoms with Crippen LogP contribution in [-0.4, -0.2) is 11.0 Å². The summed E-state index contributed by atoms with van der Waals surface area (Å²) >= 11 is 0. The molecule has 0 saturated carbocycles. The molecule has 2 N–H and O–H groups in total. The summed E-state index contributed by atoms with van der Waals surface area (Å²) in [5.41, 5.74) is 1.77. The van der Waals surface area contributed by atoms with Gasteiger partial charge in [-0.15, -0.1) is 0 Å². The Hall–Kier alpha value is -4.11. The maximum absolute atomic E-state index is 13.2. The molecule has 0 unspecified atom stereocenters. The Morgan fingerprint density at radius 1 is 1.10 bits per heavy atom. The van der Waals surface area contributed by atoms with Crippen molar-refractivity contribution in [1.29, 1.82) is 5.26 Å². The summed E-state index contributed by atoms with van der Waals surface area (Å²) in [6.45, 7) is 0.228. The fourth-order valence-corrected chi connectivity index (χ4v) is 2.51. The van der Waals surface area contributed by atoms with Crippen LogP contribution in [0.1, 0.15) is 11.1 Å². The van der Waals surface area contributed by atoms with Gasteiger partial charge in [-0.05, 0) is 65.7 Å². The molecular weight excluding hydrogens is 371 g/mol. The van der Waals surface area contributed by atoms with E-state index in [-0.39, 0.29) is 23.7 Å². The number of carbonyl (C=O) groups excluding carboxylic acids is 1. The quantitative estimate of drug-likeness (QED) is 0.366. The van der Waals surface area contributed by atoms with Crippen LogP contribution in [0.5, 0.6) is 11.5 Å². The van der Waals surface area contributed by atoms with Gasteiger partial charge in [-0.3, -0.25) is 4.79 Å². The van der Waals surface area contributed by atoms with Crippen molar-refractivity contribution < 1.29 is 19.0 Å². The zero-order chi connectivity index (χ0) is 20.6. The van der Waals surface area contributed by atoms with Gasteiger partial charge in [-0.1, -0.05) is 24.3 Å². The smallest absolute Gasteiger partial charge is 0.266 e. The molecule has 0 spiro atoms. The van der Waals surface area contributed by atoms with Crippen molar-refractivity contribution in [2.75, 3.05) is 5.32 Å². The minimum atomic E-state index is -0.551. The highest BCUT2D eigenvalue weighted by Crippen LogP contribution is 2.18. The van der Waals surface area contributed by atoms with Crippen molar-refractivity contribution in [2.45, 2.75) is 6.61 Å². The third-order valence-electron chi connectivity index (χ3n) is 3.98. The molecule has 3 aromatic rings. The van der Waals surface area contributed by atoms with E-state index in [1.54, 1.807) is 36.4 Å². The summed E-state index contributed by atoms with van der Waals surface area (Å²) in [6.07, 6.45) is 1.46. The largest absolute Gasteiger partial charge is 0.508 e. The van der Waals surface area contributed by atoms with E-state index < -0.39 is 5.91 Å². The molecule has 0 atom stereocenters. The van der Waals surface area contributed by atoms with Crippen LogP contribution in [0.2, 0.25) is 0 Å². The number of amides is 1. The zero-order valence-electron chi connectivity index (χ0n) is 15.3. The van der Waals surface area contributed by atoms with Crippen LogP contribution < -0.4 is 10.1 Å². The molecule has 29 heavy (non-hydrogen) atoms. The van der Waals surface area contributed by atoms with E-state index in [0.717, 1.165) is 0 Å². The summed E-state index contributed by atoms with van der Waals surface area (Å²) in [5, 5.41) is 21.2. The van der Waals surface area contributed by atoms with Crippen molar-refractivity contribution in [3.8, 4) is 17.6 Å². The molecule has 0 aliphatic heterocycles. The zero-order valence-corrected chi connectivity index (χ0v) is 15.3. The fourth-order valence-electron chi connectivity index (χ4n) is 2.51. The van der Waals surface area contributed by atoms with Crippen LogP contribution in [0.25, 0.3) is 6.08 Å². The molecule has 144 valence electrons. The topological polar surface area (TPSA) is 82.3 Å². The SMILES string of the molecule is N#C/C(=C\c1ccc(OCc2cccc(F)c2)cc1)C(=O)Nc1ccc(O)cc1. The molecule has 0 aliphatic rings. The van der Waals surface area contributed by atoms with Crippen LogP contribution in [0.15, 0.2) is 78.4 Å². The second-order valence-electron chi connectivity index (χ2n) is 6.16. The third-order valence-corrected chi connectivity index (χ3v) is 3.98. The van der Waals surface area contributed by atoms with Crippen LogP contribution in [0, 0.1) is 17.1 Å². The number of ether oxygens (including phenoxy) is 1. The van der Waals surface area contributed by atoms with Crippen LogP contribution in [0.4, 0.5) is 10.1 Å². The Balaban J connectivity index is 1.64. The van der Waals surface area contributed by atoms with Gasteiger partial charge in [-0.25, -0.2) is 4.39 Å². The molecule has 0 aromatic heterocycles. The lowest BCUT2D eigenvalue weighted by molar-refractivity contribution is -0.112. The minimum absolute atomic E-state index is 0.0634. The average molecular weight is 388 g/mol. The number of nitrogens with zero attached hydrogens (tertiary/aromatic N) is 1. The lowest BCUT2D eigenvalue weighted by atomic mass is 10.1. The normalized spacial score (nSPS) is 10.8. The number of phenolic OH excluding ortho intramolecular Hbond substituents is 1. The van der Waals surface area contributed by atoms with E-state index in [1.165, 1.54) is 42.5 Å². The van der Waals surface area contributed by atoms with Gasteiger partial charge >= 0.3 is 0 Å². The highest BCUT2D eigenvalue weighted by molar-refractivity contribution is 6.09. The molecule has 0 bridgehead atoms. The van der Waals surface area contributed by atoms with E-state index in [1.807, 2.05) is 6.07 Å². The van der Waals surface area contributed by atoms with Gasteiger partial charge in [0.15, 0.2) is 0 Å². The number of phenols is 1. The van der Waals surface area contributed by atoms with Crippen LogP contribution in [-0.2, 0) is 11.4 Å². The van der Waals surface area contributed by atoms with Gasteiger partial charge in [-0.2, -0.15) is 5.26 Å². The van der Waals surface area contributed by atoms with E-state index >= 15 is 0 Å². The number of halogens is 1. The van der Waals surface area contributed by atoms with Gasteiger partial charge in [0.05, 0.1) is 0 Å². The number of hydrogen-bond acceptors (Lipinski definition) is 4. The second kappa shape index (κ2) is 9.20. The first kappa shape index (κ1) is 19.6. The van der Waals surface area contributed by atoms with Crippen molar-refractivity contribution in [3.05, 3.63) is 95.3 Å². The van der Waals surface area contributed by atoms with Crippen LogP contribution in [0.3, 0.4) is 0 Å². The number of carbonyl (C=O) groups is 1. The predicted octanol–water partition coefficient (Wildman–Crippen LogP) is 4.66. The summed E-state index contributed by atoms with van der Waals surface area (Å²) < 4.78 is 18.8. The maximum Gasteiger partial charge on any atom is 0.266 e. The summed E-state index contributed by atoms with van der Waals surface area (Å²) in [6, 6.07) is 20.8. The first-order valence-corrected chi connectivity index (χ1v) is 8.73. The third kappa shape index (κ3) is 5.68. The first-order valence-electron chi connectivity index (χ1n) is 8.73. The molecule has 0 fully saturated rings. The van der Waals surface area contributed by atoms with Crippen molar-refractivity contribution in [2.24, 2.45) is 0 Å². The standard InChI is InChI=1S/C23H17FN2O3/c24-19-3-1-2-17(13-19)15-29-22-10-4-16(5-11-22)12-18(14-25)23(28)26-20-6-8-21(27)9-7-20/h1-13,27H,15H2,(H,26,28)/b18-12+. The Bertz CT molecular complexity index is 1070. The Morgan fingerprint density at radius 3 is 2.48 bits per heavy atom. The molecule has 3 aromatic carbocycles. The summed E-state index contributed by atoms with van der Waals surface area (Å²) in [5.74, 6) is -0.206. The Kier molecular flexibility index (Phi) is 6.23. The van der Waals surface area contributed by atoms with E-state index in [9.17, 15) is 19.6 Å². The van der Waals surface area contributed by atoms with E-state index in [0.29, 0.717) is 22.6 Å². The monoisotopic (exact) mass is 388 g/mol. The highest BCUT2D eigenvalue weighted by atomic mass is 19.1.